The van der Waals surface area contributed by atoms with Gasteiger partial charge < -0.3 is 15.4 Å². The van der Waals surface area contributed by atoms with Gasteiger partial charge in [0.25, 0.3) is 0 Å². The molecule has 0 aromatic carbocycles. The molecular weight excluding hydrogens is 252 g/mol. The van der Waals surface area contributed by atoms with Gasteiger partial charge in [-0.2, -0.15) is 4.98 Å². The van der Waals surface area contributed by atoms with Gasteiger partial charge in [0.15, 0.2) is 0 Å². The van der Waals surface area contributed by atoms with Crippen LogP contribution < -0.4 is 15.4 Å². The highest BCUT2D eigenvalue weighted by molar-refractivity contribution is 5.54. The maximum absolute atomic E-state index is 5.91. The Hall–Kier alpha value is -1.49. The second kappa shape index (κ2) is 7.33. The van der Waals surface area contributed by atoms with Crippen LogP contribution in [0.1, 0.15) is 26.7 Å². The SMILES string of the molecule is CCCOc1nc(N2CCN(CCC)CC2)ccc1N. The van der Waals surface area contributed by atoms with E-state index in [2.05, 4.69) is 28.6 Å². The number of ether oxygens (including phenoxy) is 1. The van der Waals surface area contributed by atoms with Crippen LogP contribution in [0.5, 0.6) is 5.88 Å². The maximum atomic E-state index is 5.91. The molecule has 0 spiro atoms. The second-order valence-electron chi connectivity index (χ2n) is 5.24. The lowest BCUT2D eigenvalue weighted by atomic mass is 10.3. The van der Waals surface area contributed by atoms with E-state index >= 15 is 0 Å². The molecule has 0 radical (unpaired) electrons. The molecule has 0 atom stereocenters. The summed E-state index contributed by atoms with van der Waals surface area (Å²) in [6, 6.07) is 3.88. The molecule has 2 heterocycles. The van der Waals surface area contributed by atoms with Crippen LogP contribution in [0, 0.1) is 0 Å². The molecular formula is C15H26N4O. The van der Waals surface area contributed by atoms with E-state index in [0.717, 1.165) is 38.4 Å². The summed E-state index contributed by atoms with van der Waals surface area (Å²) >= 11 is 0. The molecule has 1 aliphatic heterocycles. The Morgan fingerprint density at radius 2 is 1.90 bits per heavy atom. The third kappa shape index (κ3) is 3.76. The van der Waals surface area contributed by atoms with Crippen molar-refractivity contribution in [3.63, 3.8) is 0 Å². The maximum Gasteiger partial charge on any atom is 0.239 e. The summed E-state index contributed by atoms with van der Waals surface area (Å²) in [6.07, 6.45) is 2.18. The fourth-order valence-corrected chi connectivity index (χ4v) is 2.45. The first kappa shape index (κ1) is 14.9. The molecule has 0 saturated carbocycles. The van der Waals surface area contributed by atoms with Crippen LogP contribution in [0.25, 0.3) is 0 Å². The lowest BCUT2D eigenvalue weighted by Crippen LogP contribution is -2.46. The van der Waals surface area contributed by atoms with E-state index in [1.807, 2.05) is 12.1 Å². The minimum Gasteiger partial charge on any atom is -0.476 e. The Balaban J connectivity index is 1.99. The lowest BCUT2D eigenvalue weighted by molar-refractivity contribution is 0.257. The van der Waals surface area contributed by atoms with Crippen molar-refractivity contribution in [2.75, 3.05) is 50.0 Å². The molecule has 0 aliphatic carbocycles. The van der Waals surface area contributed by atoms with Crippen molar-refractivity contribution in [1.82, 2.24) is 9.88 Å². The molecule has 1 aromatic heterocycles. The summed E-state index contributed by atoms with van der Waals surface area (Å²) < 4.78 is 5.60. The number of nitrogen functional groups attached to an aromatic ring is 1. The van der Waals surface area contributed by atoms with Crippen molar-refractivity contribution in [3.05, 3.63) is 12.1 Å². The molecule has 0 bridgehead atoms. The van der Waals surface area contributed by atoms with Crippen LogP contribution in [-0.4, -0.2) is 49.2 Å². The summed E-state index contributed by atoms with van der Waals surface area (Å²) in [6.45, 7) is 10.4. The minimum atomic E-state index is 0.570. The van der Waals surface area contributed by atoms with Crippen molar-refractivity contribution in [2.24, 2.45) is 0 Å². The standard InChI is InChI=1S/C15H26N4O/c1-3-7-18-8-10-19(11-9-18)14-6-5-13(16)15(17-14)20-12-4-2/h5-6H,3-4,7-12,16H2,1-2H3. The number of nitrogens with zero attached hydrogens (tertiary/aromatic N) is 3. The van der Waals surface area contributed by atoms with Crippen molar-refractivity contribution >= 4 is 11.5 Å². The highest BCUT2D eigenvalue weighted by Crippen LogP contribution is 2.24. The quantitative estimate of drug-likeness (QED) is 0.862. The molecule has 1 saturated heterocycles. The fourth-order valence-electron chi connectivity index (χ4n) is 2.45. The first-order valence-corrected chi connectivity index (χ1v) is 7.61. The van der Waals surface area contributed by atoms with E-state index in [1.165, 1.54) is 13.0 Å². The van der Waals surface area contributed by atoms with Crippen LogP contribution in [0.2, 0.25) is 0 Å². The van der Waals surface area contributed by atoms with Gasteiger partial charge in [-0.1, -0.05) is 13.8 Å². The normalized spacial score (nSPS) is 16.4. The van der Waals surface area contributed by atoms with E-state index in [9.17, 15) is 0 Å². The number of hydrogen-bond acceptors (Lipinski definition) is 5. The Morgan fingerprint density at radius 3 is 2.55 bits per heavy atom. The van der Waals surface area contributed by atoms with Gasteiger partial charge in [-0.05, 0) is 31.5 Å². The topological polar surface area (TPSA) is 54.6 Å². The molecule has 5 heteroatoms. The summed E-state index contributed by atoms with van der Waals surface area (Å²) in [5.41, 5.74) is 6.52. The van der Waals surface area contributed by atoms with Gasteiger partial charge in [0.2, 0.25) is 5.88 Å². The smallest absolute Gasteiger partial charge is 0.239 e. The van der Waals surface area contributed by atoms with Crippen molar-refractivity contribution in [3.8, 4) is 5.88 Å². The summed E-state index contributed by atoms with van der Waals surface area (Å²) in [7, 11) is 0. The molecule has 1 aromatic rings. The van der Waals surface area contributed by atoms with E-state index in [1.54, 1.807) is 0 Å². The summed E-state index contributed by atoms with van der Waals surface area (Å²) in [5.74, 6) is 1.54. The van der Waals surface area contributed by atoms with E-state index in [4.69, 9.17) is 10.5 Å². The molecule has 2 N–H and O–H groups in total. The van der Waals surface area contributed by atoms with Gasteiger partial charge >= 0.3 is 0 Å². The van der Waals surface area contributed by atoms with E-state index in [-0.39, 0.29) is 0 Å². The zero-order valence-electron chi connectivity index (χ0n) is 12.6. The third-order valence-corrected chi connectivity index (χ3v) is 3.55. The number of pyridine rings is 1. The molecule has 0 unspecified atom stereocenters. The lowest BCUT2D eigenvalue weighted by Gasteiger charge is -2.35. The van der Waals surface area contributed by atoms with Gasteiger partial charge in [-0.3, -0.25) is 4.90 Å². The molecule has 1 fully saturated rings. The fraction of sp³-hybridized carbons (Fsp3) is 0.667. The van der Waals surface area contributed by atoms with Crippen LogP contribution in [0.15, 0.2) is 12.1 Å². The van der Waals surface area contributed by atoms with Gasteiger partial charge in [-0.15, -0.1) is 0 Å². The molecule has 5 nitrogen and oxygen atoms in total. The monoisotopic (exact) mass is 278 g/mol. The molecule has 20 heavy (non-hydrogen) atoms. The number of hydrogen-bond donors (Lipinski definition) is 1. The number of rotatable bonds is 6. The first-order valence-electron chi connectivity index (χ1n) is 7.61. The van der Waals surface area contributed by atoms with Gasteiger partial charge in [0.05, 0.1) is 12.3 Å². The van der Waals surface area contributed by atoms with Crippen molar-refractivity contribution in [1.29, 1.82) is 0 Å². The molecule has 1 aliphatic rings. The Labute approximate surface area is 121 Å². The third-order valence-electron chi connectivity index (χ3n) is 3.55. The van der Waals surface area contributed by atoms with Crippen LogP contribution in [0.3, 0.4) is 0 Å². The average Bonchev–Trinajstić information content (AvgIpc) is 2.48. The van der Waals surface area contributed by atoms with Gasteiger partial charge in [0, 0.05) is 26.2 Å². The second-order valence-corrected chi connectivity index (χ2v) is 5.24. The predicted octanol–water partition coefficient (Wildman–Crippen LogP) is 1.98. The number of anilines is 2. The number of aromatic nitrogens is 1. The van der Waals surface area contributed by atoms with Gasteiger partial charge in [0.1, 0.15) is 5.82 Å². The minimum absolute atomic E-state index is 0.570. The number of nitrogens with two attached hydrogens (primary N) is 1. The Morgan fingerprint density at radius 1 is 1.15 bits per heavy atom. The zero-order valence-corrected chi connectivity index (χ0v) is 12.6. The Bertz CT molecular complexity index is 416. The highest BCUT2D eigenvalue weighted by atomic mass is 16.5. The zero-order chi connectivity index (χ0) is 14.4. The van der Waals surface area contributed by atoms with Crippen LogP contribution in [-0.2, 0) is 0 Å². The summed E-state index contributed by atoms with van der Waals surface area (Å²) in [5, 5.41) is 0. The van der Waals surface area contributed by atoms with Crippen LogP contribution >= 0.6 is 0 Å². The van der Waals surface area contributed by atoms with Crippen LogP contribution in [0.4, 0.5) is 11.5 Å². The first-order chi connectivity index (χ1) is 9.74. The van der Waals surface area contributed by atoms with Crippen molar-refractivity contribution in [2.45, 2.75) is 26.7 Å². The van der Waals surface area contributed by atoms with Crippen molar-refractivity contribution < 1.29 is 4.74 Å². The average molecular weight is 278 g/mol. The summed E-state index contributed by atoms with van der Waals surface area (Å²) in [4.78, 5) is 9.38. The Kier molecular flexibility index (Phi) is 5.47. The van der Waals surface area contributed by atoms with E-state index < -0.39 is 0 Å². The van der Waals surface area contributed by atoms with E-state index in [0.29, 0.717) is 18.2 Å². The molecule has 112 valence electrons. The predicted molar refractivity (Wildman–Crippen MR) is 83.4 cm³/mol. The highest BCUT2D eigenvalue weighted by Gasteiger charge is 2.18. The number of piperazine rings is 1. The largest absolute Gasteiger partial charge is 0.476 e. The van der Waals surface area contributed by atoms with Gasteiger partial charge in [-0.25, -0.2) is 0 Å². The molecule has 2 rings (SSSR count). The molecule has 0 amide bonds.